The van der Waals surface area contributed by atoms with E-state index in [0.29, 0.717) is 5.75 Å². The standard InChI is InChI=1S/C15H16N2OS3/c1-19-14-16-17-15(21-14)20-9-13(18)12-7-6-10-4-2-3-5-11(10)8-12/h6-8H,2-5,9H2,1H3. The summed E-state index contributed by atoms with van der Waals surface area (Å²) in [6.45, 7) is 0. The van der Waals surface area contributed by atoms with E-state index in [1.807, 2.05) is 12.3 Å². The topological polar surface area (TPSA) is 42.9 Å². The van der Waals surface area contributed by atoms with Gasteiger partial charge in [0, 0.05) is 5.56 Å². The lowest BCUT2D eigenvalue weighted by Crippen LogP contribution is -2.07. The Balaban J connectivity index is 1.65. The summed E-state index contributed by atoms with van der Waals surface area (Å²) in [6.07, 6.45) is 6.75. The zero-order valence-electron chi connectivity index (χ0n) is 11.8. The zero-order chi connectivity index (χ0) is 14.7. The van der Waals surface area contributed by atoms with Gasteiger partial charge in [0.25, 0.3) is 0 Å². The first-order valence-electron chi connectivity index (χ1n) is 6.91. The Hall–Kier alpha value is -0.850. The minimum atomic E-state index is 0.175. The van der Waals surface area contributed by atoms with E-state index in [1.165, 1.54) is 35.7 Å². The quantitative estimate of drug-likeness (QED) is 0.607. The van der Waals surface area contributed by atoms with Gasteiger partial charge < -0.3 is 0 Å². The summed E-state index contributed by atoms with van der Waals surface area (Å²) >= 11 is 4.61. The van der Waals surface area contributed by atoms with E-state index in [0.717, 1.165) is 27.1 Å². The molecule has 0 N–H and O–H groups in total. The van der Waals surface area contributed by atoms with Crippen molar-refractivity contribution in [3.05, 3.63) is 34.9 Å². The van der Waals surface area contributed by atoms with Crippen LogP contribution in [0.3, 0.4) is 0 Å². The summed E-state index contributed by atoms with van der Waals surface area (Å²) in [6, 6.07) is 6.19. The van der Waals surface area contributed by atoms with Crippen LogP contribution in [-0.4, -0.2) is 28.0 Å². The van der Waals surface area contributed by atoms with Crippen LogP contribution < -0.4 is 0 Å². The number of ketones is 1. The fourth-order valence-electron chi connectivity index (χ4n) is 2.46. The van der Waals surface area contributed by atoms with Gasteiger partial charge in [-0.25, -0.2) is 0 Å². The van der Waals surface area contributed by atoms with Crippen LogP contribution in [0.2, 0.25) is 0 Å². The number of hydrogen-bond donors (Lipinski definition) is 0. The van der Waals surface area contributed by atoms with Crippen molar-refractivity contribution in [1.82, 2.24) is 10.2 Å². The highest BCUT2D eigenvalue weighted by Gasteiger charge is 2.14. The van der Waals surface area contributed by atoms with Crippen LogP contribution in [0.15, 0.2) is 26.9 Å². The molecule has 1 aromatic carbocycles. The molecule has 110 valence electrons. The van der Waals surface area contributed by atoms with Crippen LogP contribution in [0, 0.1) is 0 Å². The van der Waals surface area contributed by atoms with Gasteiger partial charge in [-0.2, -0.15) is 0 Å². The molecule has 0 unspecified atom stereocenters. The van der Waals surface area contributed by atoms with Crippen LogP contribution in [0.5, 0.6) is 0 Å². The molecule has 0 spiro atoms. The molecule has 0 fully saturated rings. The predicted octanol–water partition coefficient (Wildman–Crippen LogP) is 4.11. The maximum Gasteiger partial charge on any atom is 0.175 e. The second kappa shape index (κ2) is 6.94. The number of carbonyl (C=O) groups is 1. The molecule has 21 heavy (non-hydrogen) atoms. The van der Waals surface area contributed by atoms with E-state index < -0.39 is 0 Å². The van der Waals surface area contributed by atoms with E-state index in [4.69, 9.17) is 0 Å². The van der Waals surface area contributed by atoms with Gasteiger partial charge >= 0.3 is 0 Å². The minimum absolute atomic E-state index is 0.175. The molecule has 1 aromatic heterocycles. The molecule has 1 aliphatic rings. The van der Waals surface area contributed by atoms with Crippen molar-refractivity contribution in [2.24, 2.45) is 0 Å². The summed E-state index contributed by atoms with van der Waals surface area (Å²) in [5.41, 5.74) is 3.61. The average Bonchev–Trinajstić information content (AvgIpc) is 3.00. The van der Waals surface area contributed by atoms with Crippen LogP contribution in [0.4, 0.5) is 0 Å². The largest absolute Gasteiger partial charge is 0.293 e. The van der Waals surface area contributed by atoms with Crippen molar-refractivity contribution in [2.45, 2.75) is 34.4 Å². The Kier molecular flexibility index (Phi) is 4.98. The molecular weight excluding hydrogens is 320 g/mol. The molecule has 0 aliphatic heterocycles. The van der Waals surface area contributed by atoms with Gasteiger partial charge in [-0.3, -0.25) is 4.79 Å². The number of carbonyl (C=O) groups excluding carboxylic acids is 1. The Bertz CT molecular complexity index is 654. The Morgan fingerprint density at radius 2 is 1.95 bits per heavy atom. The first kappa shape index (κ1) is 15.1. The van der Waals surface area contributed by atoms with Gasteiger partial charge in [-0.15, -0.1) is 10.2 Å². The lowest BCUT2D eigenvalue weighted by Gasteiger charge is -2.16. The maximum absolute atomic E-state index is 12.3. The number of nitrogens with zero attached hydrogens (tertiary/aromatic N) is 2. The first-order chi connectivity index (χ1) is 10.3. The highest BCUT2D eigenvalue weighted by Crippen LogP contribution is 2.28. The third-order valence-corrected chi connectivity index (χ3v) is 6.59. The lowest BCUT2D eigenvalue weighted by molar-refractivity contribution is 0.102. The molecule has 0 bridgehead atoms. The SMILES string of the molecule is CSc1nnc(SCC(=O)c2ccc3c(c2)CCCC3)s1. The Morgan fingerprint density at radius 3 is 2.71 bits per heavy atom. The van der Waals surface area contributed by atoms with Gasteiger partial charge in [0.2, 0.25) is 0 Å². The summed E-state index contributed by atoms with van der Waals surface area (Å²) in [5.74, 6) is 0.608. The molecule has 0 atom stereocenters. The smallest absolute Gasteiger partial charge is 0.175 e. The Labute approximate surface area is 136 Å². The third kappa shape index (κ3) is 3.67. The monoisotopic (exact) mass is 336 g/mol. The van der Waals surface area contributed by atoms with Gasteiger partial charge in [-0.05, 0) is 49.1 Å². The summed E-state index contributed by atoms with van der Waals surface area (Å²) in [5, 5.41) is 8.12. The van der Waals surface area contributed by atoms with Crippen molar-refractivity contribution >= 4 is 40.6 Å². The van der Waals surface area contributed by atoms with E-state index in [2.05, 4.69) is 22.3 Å². The highest BCUT2D eigenvalue weighted by molar-refractivity contribution is 8.03. The van der Waals surface area contributed by atoms with E-state index in [9.17, 15) is 4.79 Å². The molecule has 0 saturated carbocycles. The predicted molar refractivity (Wildman–Crippen MR) is 89.8 cm³/mol. The van der Waals surface area contributed by atoms with Crippen molar-refractivity contribution in [1.29, 1.82) is 0 Å². The fourth-order valence-corrected chi connectivity index (χ4v) is 4.79. The normalized spacial score (nSPS) is 14.0. The molecule has 3 rings (SSSR count). The van der Waals surface area contributed by atoms with Crippen molar-refractivity contribution in [3.63, 3.8) is 0 Å². The van der Waals surface area contributed by atoms with Gasteiger partial charge in [0.05, 0.1) is 5.75 Å². The van der Waals surface area contributed by atoms with E-state index in [-0.39, 0.29) is 5.78 Å². The molecular formula is C15H16N2OS3. The van der Waals surface area contributed by atoms with Gasteiger partial charge in [0.15, 0.2) is 14.5 Å². The summed E-state index contributed by atoms with van der Waals surface area (Å²) < 4.78 is 1.81. The number of benzene rings is 1. The number of aryl methyl sites for hydroxylation is 2. The highest BCUT2D eigenvalue weighted by atomic mass is 32.2. The maximum atomic E-state index is 12.3. The molecule has 6 heteroatoms. The van der Waals surface area contributed by atoms with Gasteiger partial charge in [-0.1, -0.05) is 47.0 Å². The van der Waals surface area contributed by atoms with Crippen molar-refractivity contribution < 1.29 is 4.79 Å². The van der Waals surface area contributed by atoms with Gasteiger partial charge in [0.1, 0.15) is 0 Å². The molecule has 1 heterocycles. The number of aromatic nitrogens is 2. The minimum Gasteiger partial charge on any atom is -0.293 e. The zero-order valence-corrected chi connectivity index (χ0v) is 14.2. The molecule has 2 aromatic rings. The van der Waals surface area contributed by atoms with Crippen LogP contribution in [-0.2, 0) is 12.8 Å². The molecule has 0 radical (unpaired) electrons. The number of thioether (sulfide) groups is 2. The fraction of sp³-hybridized carbons (Fsp3) is 0.400. The van der Waals surface area contributed by atoms with E-state index >= 15 is 0 Å². The van der Waals surface area contributed by atoms with Crippen molar-refractivity contribution in [3.8, 4) is 0 Å². The average molecular weight is 337 g/mol. The number of rotatable bonds is 5. The molecule has 0 saturated heterocycles. The lowest BCUT2D eigenvalue weighted by atomic mass is 9.90. The second-order valence-corrected chi connectivity index (χ2v) is 8.19. The van der Waals surface area contributed by atoms with E-state index in [1.54, 1.807) is 23.1 Å². The molecule has 3 nitrogen and oxygen atoms in total. The number of hydrogen-bond acceptors (Lipinski definition) is 6. The van der Waals surface area contributed by atoms with Crippen molar-refractivity contribution in [2.75, 3.05) is 12.0 Å². The molecule has 0 amide bonds. The van der Waals surface area contributed by atoms with Crippen LogP contribution in [0.25, 0.3) is 0 Å². The van der Waals surface area contributed by atoms with Crippen LogP contribution >= 0.6 is 34.9 Å². The summed E-state index contributed by atoms with van der Waals surface area (Å²) in [7, 11) is 0. The second-order valence-electron chi connectivity index (χ2n) is 4.94. The Morgan fingerprint density at radius 1 is 1.19 bits per heavy atom. The third-order valence-electron chi connectivity index (χ3n) is 3.56. The number of fused-ring (bicyclic) bond motifs is 1. The van der Waals surface area contributed by atoms with Crippen LogP contribution in [0.1, 0.15) is 34.3 Å². The first-order valence-corrected chi connectivity index (χ1v) is 9.94. The molecule has 1 aliphatic carbocycles. The number of Topliss-reactive ketones (excluding diaryl/α,β-unsaturated/α-hetero) is 1. The summed E-state index contributed by atoms with van der Waals surface area (Å²) in [4.78, 5) is 12.3.